The predicted octanol–water partition coefficient (Wildman–Crippen LogP) is 3.66. The van der Waals surface area contributed by atoms with Gasteiger partial charge in [-0.25, -0.2) is 0 Å². The number of carbonyl (C=O) groups excluding carboxylic acids is 2. The van der Waals surface area contributed by atoms with E-state index in [1.54, 1.807) is 12.1 Å². The SMILES string of the molecule is Cc1ccc(NC(=O)C(=O)NC[C@H](c2ccc3c(c2)CCCN3C)N2CCCCC2)cc1. The quantitative estimate of drug-likeness (QED) is 0.705. The number of nitrogens with one attached hydrogen (secondary N) is 2. The molecule has 6 nitrogen and oxygen atoms in total. The van der Waals surface area contributed by atoms with Crippen molar-refractivity contribution in [2.24, 2.45) is 0 Å². The van der Waals surface area contributed by atoms with Gasteiger partial charge in [0.25, 0.3) is 0 Å². The first kappa shape index (κ1) is 22.3. The van der Waals surface area contributed by atoms with Gasteiger partial charge in [-0.1, -0.05) is 36.2 Å². The average Bonchev–Trinajstić information content (AvgIpc) is 2.81. The standard InChI is InChI=1S/C26H34N4O2/c1-19-8-11-22(12-9-19)28-26(32)25(31)27-18-24(30-15-4-3-5-16-30)21-10-13-23-20(17-21)7-6-14-29(23)2/h8-13,17,24H,3-7,14-16,18H2,1-2H3,(H,27,31)(H,28,32)/t24-/m1/s1. The summed E-state index contributed by atoms with van der Waals surface area (Å²) in [6.07, 6.45) is 5.85. The van der Waals surface area contributed by atoms with Crippen LogP contribution in [0.15, 0.2) is 42.5 Å². The van der Waals surface area contributed by atoms with Crippen LogP contribution in [0.2, 0.25) is 0 Å². The summed E-state index contributed by atoms with van der Waals surface area (Å²) in [7, 11) is 2.15. The van der Waals surface area contributed by atoms with Gasteiger partial charge in [0, 0.05) is 31.5 Å². The maximum atomic E-state index is 12.6. The fourth-order valence-electron chi connectivity index (χ4n) is 4.79. The Labute approximate surface area is 191 Å². The molecule has 1 saturated heterocycles. The van der Waals surface area contributed by atoms with Gasteiger partial charge in [-0.3, -0.25) is 14.5 Å². The van der Waals surface area contributed by atoms with E-state index in [0.29, 0.717) is 12.2 Å². The third-order valence-corrected chi connectivity index (χ3v) is 6.64. The summed E-state index contributed by atoms with van der Waals surface area (Å²) in [6.45, 7) is 5.54. The molecule has 0 saturated carbocycles. The maximum Gasteiger partial charge on any atom is 0.313 e. The normalized spacial score (nSPS) is 17.4. The minimum Gasteiger partial charge on any atom is -0.374 e. The molecule has 0 radical (unpaired) electrons. The molecule has 170 valence electrons. The van der Waals surface area contributed by atoms with E-state index in [0.717, 1.165) is 38.0 Å². The van der Waals surface area contributed by atoms with Crippen molar-refractivity contribution in [3.05, 3.63) is 59.2 Å². The van der Waals surface area contributed by atoms with E-state index >= 15 is 0 Å². The monoisotopic (exact) mass is 434 g/mol. The van der Waals surface area contributed by atoms with Gasteiger partial charge in [-0.2, -0.15) is 0 Å². The lowest BCUT2D eigenvalue weighted by atomic mass is 9.95. The first-order chi connectivity index (χ1) is 15.5. The van der Waals surface area contributed by atoms with Crippen molar-refractivity contribution in [2.45, 2.75) is 45.1 Å². The topological polar surface area (TPSA) is 64.7 Å². The summed E-state index contributed by atoms with van der Waals surface area (Å²) >= 11 is 0. The number of carbonyl (C=O) groups is 2. The smallest absolute Gasteiger partial charge is 0.313 e. The molecule has 2 N–H and O–H groups in total. The molecule has 0 unspecified atom stereocenters. The summed E-state index contributed by atoms with van der Waals surface area (Å²) in [5, 5.41) is 5.58. The number of rotatable bonds is 5. The number of nitrogens with zero attached hydrogens (tertiary/aromatic N) is 2. The Hall–Kier alpha value is -2.86. The number of hydrogen-bond donors (Lipinski definition) is 2. The second-order valence-electron chi connectivity index (χ2n) is 9.06. The minimum absolute atomic E-state index is 0.0731. The largest absolute Gasteiger partial charge is 0.374 e. The molecule has 0 bridgehead atoms. The van der Waals surface area contributed by atoms with Crippen LogP contribution in [0.5, 0.6) is 0 Å². The van der Waals surface area contributed by atoms with Gasteiger partial charge in [-0.15, -0.1) is 0 Å². The van der Waals surface area contributed by atoms with Crippen LogP contribution in [0, 0.1) is 6.92 Å². The van der Waals surface area contributed by atoms with Gasteiger partial charge in [0.05, 0.1) is 6.04 Å². The van der Waals surface area contributed by atoms with Crippen molar-refractivity contribution in [2.75, 3.05) is 43.4 Å². The Morgan fingerprint density at radius 2 is 1.69 bits per heavy atom. The number of benzene rings is 2. The van der Waals surface area contributed by atoms with E-state index in [4.69, 9.17) is 0 Å². The summed E-state index contributed by atoms with van der Waals surface area (Å²) < 4.78 is 0. The molecular formula is C26H34N4O2. The highest BCUT2D eigenvalue weighted by molar-refractivity contribution is 6.39. The van der Waals surface area contributed by atoms with Crippen molar-refractivity contribution >= 4 is 23.2 Å². The molecule has 32 heavy (non-hydrogen) atoms. The zero-order chi connectivity index (χ0) is 22.5. The molecule has 1 fully saturated rings. The average molecular weight is 435 g/mol. The fourth-order valence-corrected chi connectivity index (χ4v) is 4.79. The van der Waals surface area contributed by atoms with E-state index in [1.165, 1.54) is 36.1 Å². The number of likely N-dealkylation sites (tertiary alicyclic amines) is 1. The number of anilines is 2. The van der Waals surface area contributed by atoms with Crippen LogP contribution < -0.4 is 15.5 Å². The first-order valence-corrected chi connectivity index (χ1v) is 11.7. The Balaban J connectivity index is 1.45. The van der Waals surface area contributed by atoms with E-state index in [9.17, 15) is 9.59 Å². The van der Waals surface area contributed by atoms with Crippen LogP contribution in [-0.4, -0.2) is 49.9 Å². The number of amides is 2. The predicted molar refractivity (Wildman–Crippen MR) is 129 cm³/mol. The van der Waals surface area contributed by atoms with Crippen LogP contribution in [0.1, 0.15) is 48.4 Å². The first-order valence-electron chi connectivity index (χ1n) is 11.7. The van der Waals surface area contributed by atoms with Crippen molar-refractivity contribution in [1.29, 1.82) is 0 Å². The highest BCUT2D eigenvalue weighted by Crippen LogP contribution is 2.31. The Morgan fingerprint density at radius 3 is 2.44 bits per heavy atom. The fraction of sp³-hybridized carbons (Fsp3) is 0.462. The van der Waals surface area contributed by atoms with Crippen LogP contribution in [0.3, 0.4) is 0 Å². The molecule has 2 aromatic carbocycles. The van der Waals surface area contributed by atoms with Crippen molar-refractivity contribution in [3.63, 3.8) is 0 Å². The van der Waals surface area contributed by atoms with Crippen LogP contribution in [-0.2, 0) is 16.0 Å². The summed E-state index contributed by atoms with van der Waals surface area (Å²) in [6, 6.07) is 14.2. The second kappa shape index (κ2) is 10.2. The molecule has 0 aromatic heterocycles. The molecule has 2 aromatic rings. The van der Waals surface area contributed by atoms with Crippen LogP contribution in [0.25, 0.3) is 0 Å². The summed E-state index contributed by atoms with van der Waals surface area (Å²) in [4.78, 5) is 29.7. The van der Waals surface area contributed by atoms with E-state index < -0.39 is 11.8 Å². The zero-order valence-electron chi connectivity index (χ0n) is 19.2. The maximum absolute atomic E-state index is 12.6. The van der Waals surface area contributed by atoms with Crippen LogP contribution >= 0.6 is 0 Å². The summed E-state index contributed by atoms with van der Waals surface area (Å²) in [5.41, 5.74) is 5.64. The second-order valence-corrected chi connectivity index (χ2v) is 9.06. The van der Waals surface area contributed by atoms with Gasteiger partial charge >= 0.3 is 11.8 Å². The number of fused-ring (bicyclic) bond motifs is 1. The van der Waals surface area contributed by atoms with E-state index in [2.05, 4.69) is 45.7 Å². The Bertz CT molecular complexity index is 951. The van der Waals surface area contributed by atoms with Gasteiger partial charge in [0.15, 0.2) is 0 Å². The third-order valence-electron chi connectivity index (χ3n) is 6.64. The van der Waals surface area contributed by atoms with Crippen molar-refractivity contribution in [1.82, 2.24) is 10.2 Å². The van der Waals surface area contributed by atoms with Crippen molar-refractivity contribution < 1.29 is 9.59 Å². The highest BCUT2D eigenvalue weighted by atomic mass is 16.2. The van der Waals surface area contributed by atoms with Crippen LogP contribution in [0.4, 0.5) is 11.4 Å². The number of hydrogen-bond acceptors (Lipinski definition) is 4. The lowest BCUT2D eigenvalue weighted by molar-refractivity contribution is -0.136. The lowest BCUT2D eigenvalue weighted by Gasteiger charge is -2.36. The molecule has 2 heterocycles. The molecule has 0 spiro atoms. The molecule has 1 atom stereocenters. The van der Waals surface area contributed by atoms with Gasteiger partial charge in [0.2, 0.25) is 0 Å². The van der Waals surface area contributed by atoms with Gasteiger partial charge < -0.3 is 15.5 Å². The number of aryl methyl sites for hydroxylation is 2. The molecule has 0 aliphatic carbocycles. The molecular weight excluding hydrogens is 400 g/mol. The van der Waals surface area contributed by atoms with Gasteiger partial charge in [-0.05, 0) is 75.0 Å². The third kappa shape index (κ3) is 5.30. The van der Waals surface area contributed by atoms with Gasteiger partial charge in [0.1, 0.15) is 0 Å². The molecule has 2 amide bonds. The van der Waals surface area contributed by atoms with E-state index in [-0.39, 0.29) is 6.04 Å². The Kier molecular flexibility index (Phi) is 7.10. The highest BCUT2D eigenvalue weighted by Gasteiger charge is 2.25. The Morgan fingerprint density at radius 1 is 0.938 bits per heavy atom. The molecule has 4 rings (SSSR count). The molecule has 2 aliphatic rings. The number of piperidine rings is 1. The molecule has 2 aliphatic heterocycles. The minimum atomic E-state index is -0.627. The summed E-state index contributed by atoms with van der Waals surface area (Å²) in [5.74, 6) is -1.22. The van der Waals surface area contributed by atoms with E-state index in [1.807, 2.05) is 19.1 Å². The van der Waals surface area contributed by atoms with Crippen molar-refractivity contribution in [3.8, 4) is 0 Å². The lowest BCUT2D eigenvalue weighted by Crippen LogP contribution is -2.43. The molecule has 6 heteroatoms. The zero-order valence-corrected chi connectivity index (χ0v) is 19.2.